The maximum Gasteiger partial charge on any atom is 1.00 e. The van der Waals surface area contributed by atoms with Gasteiger partial charge in [-0.25, -0.2) is 5.43 Å². The molecule has 0 bridgehead atoms. The van der Waals surface area contributed by atoms with E-state index in [0.29, 0.717) is 6.42 Å². The largest absolute Gasteiger partial charge is 1.00 e. The number of nitrogens with one attached hydrogen (secondary N) is 2. The minimum atomic E-state index is -1.60. The van der Waals surface area contributed by atoms with Crippen LogP contribution in [0.3, 0.4) is 0 Å². The van der Waals surface area contributed by atoms with Crippen LogP contribution in [-0.4, -0.2) is 23.9 Å². The normalized spacial score (nSPS) is 11.4. The van der Waals surface area contributed by atoms with Crippen LogP contribution < -0.4 is 80.2 Å². The molecule has 0 spiro atoms. The number of amides is 1. The molecule has 0 aromatic rings. The van der Waals surface area contributed by atoms with Crippen LogP contribution in [0.5, 0.6) is 0 Å². The smallest absolute Gasteiger partial charge is 0.550 e. The number of hydrogen-bond donors (Lipinski definition) is 2. The summed E-state index contributed by atoms with van der Waals surface area (Å²) >= 11 is 0. The molecule has 168 valence electrons. The Bertz CT molecular complexity index is 491. The molecule has 0 rings (SSSR count). The zero-order valence-electron chi connectivity index (χ0n) is 19.9. The molecule has 0 aromatic carbocycles. The number of hydrogen-bond acceptors (Lipinski definition) is 6. The molecule has 7 nitrogen and oxygen atoms in total. The van der Waals surface area contributed by atoms with Crippen molar-refractivity contribution in [2.45, 2.75) is 109 Å². The van der Waals surface area contributed by atoms with Gasteiger partial charge in [0.05, 0.1) is 12.0 Å². The summed E-state index contributed by atoms with van der Waals surface area (Å²) in [4.78, 5) is 32.8. The average Bonchev–Trinajstić information content (AvgIpc) is 2.67. The summed E-state index contributed by atoms with van der Waals surface area (Å²) in [6.07, 6.45) is 19.3. The van der Waals surface area contributed by atoms with Crippen molar-refractivity contribution in [1.29, 1.82) is 0 Å². The third-order valence-corrected chi connectivity index (χ3v) is 4.71. The minimum absolute atomic E-state index is 0. The first-order chi connectivity index (χ1) is 14.0. The van der Waals surface area contributed by atoms with Gasteiger partial charge in [0.25, 0.3) is 0 Å². The van der Waals surface area contributed by atoms with Crippen molar-refractivity contribution in [3.8, 4) is 0 Å². The Kier molecular flexibility index (Phi) is 30.4. The van der Waals surface area contributed by atoms with Crippen molar-refractivity contribution in [1.82, 2.24) is 10.9 Å². The van der Waals surface area contributed by atoms with Gasteiger partial charge >= 0.3 is 59.1 Å². The van der Waals surface area contributed by atoms with E-state index in [-0.39, 0.29) is 71.4 Å². The van der Waals surface area contributed by atoms with E-state index in [1.807, 2.05) is 0 Å². The van der Waals surface area contributed by atoms with E-state index in [1.165, 1.54) is 44.9 Å². The molecule has 31 heavy (non-hydrogen) atoms. The first kappa shape index (κ1) is 35.7. The fourth-order valence-corrected chi connectivity index (χ4v) is 2.95. The fraction of sp³-hybridized carbons (Fsp3) is 0.773. The van der Waals surface area contributed by atoms with Crippen molar-refractivity contribution in [2.24, 2.45) is 0 Å². The van der Waals surface area contributed by atoms with E-state index in [4.69, 9.17) is 0 Å². The van der Waals surface area contributed by atoms with E-state index < -0.39 is 24.4 Å². The Labute approximate surface area is 232 Å². The number of carboxylic acids is 2. The minimum Gasteiger partial charge on any atom is -0.550 e. The summed E-state index contributed by atoms with van der Waals surface area (Å²) < 4.78 is 0. The van der Waals surface area contributed by atoms with Crippen molar-refractivity contribution in [3.63, 3.8) is 0 Å². The number of allylic oxidation sites excluding steroid dienone is 2. The van der Waals surface area contributed by atoms with Crippen molar-refractivity contribution in [3.05, 3.63) is 12.2 Å². The molecule has 0 unspecified atom stereocenters. The van der Waals surface area contributed by atoms with Crippen LogP contribution >= 0.6 is 0 Å². The van der Waals surface area contributed by atoms with Gasteiger partial charge in [0.15, 0.2) is 0 Å². The Balaban J connectivity index is -0.00000392. The van der Waals surface area contributed by atoms with Crippen molar-refractivity contribution < 1.29 is 83.7 Å². The molecular formula is C22H38N2Na2O5. The van der Waals surface area contributed by atoms with Crippen LogP contribution in [0.1, 0.15) is 103 Å². The Morgan fingerprint density at radius 2 is 1.26 bits per heavy atom. The second-order valence-corrected chi connectivity index (χ2v) is 7.47. The number of carbonyl (C=O) groups is 3. The maximum absolute atomic E-state index is 11.6. The number of aliphatic carboxylic acids is 2. The molecule has 0 fully saturated rings. The van der Waals surface area contributed by atoms with Gasteiger partial charge in [0.1, 0.15) is 0 Å². The van der Waals surface area contributed by atoms with Gasteiger partial charge in [-0.05, 0) is 32.1 Å². The van der Waals surface area contributed by atoms with Crippen LogP contribution in [0.2, 0.25) is 0 Å². The fourth-order valence-electron chi connectivity index (χ4n) is 2.95. The van der Waals surface area contributed by atoms with Crippen molar-refractivity contribution in [2.75, 3.05) is 0 Å². The SMILES string of the molecule is CCCCCCCC/C=C\CCCCCCCC(=O)NN[C@@H](CC(=O)[O-])C(=O)[O-].[Na+].[Na+]. The van der Waals surface area contributed by atoms with Crippen LogP contribution in [0, 0.1) is 0 Å². The van der Waals surface area contributed by atoms with Gasteiger partial charge in [-0.1, -0.05) is 70.4 Å². The van der Waals surface area contributed by atoms with Crippen LogP contribution in [0.15, 0.2) is 12.2 Å². The van der Waals surface area contributed by atoms with E-state index in [0.717, 1.165) is 32.1 Å². The van der Waals surface area contributed by atoms with Crippen LogP contribution in [0.4, 0.5) is 0 Å². The van der Waals surface area contributed by atoms with Crippen LogP contribution in [-0.2, 0) is 14.4 Å². The number of rotatable bonds is 20. The first-order valence-electron chi connectivity index (χ1n) is 11.1. The number of carbonyl (C=O) groups excluding carboxylic acids is 3. The first-order valence-corrected chi connectivity index (χ1v) is 11.1. The molecule has 0 heterocycles. The molecule has 0 saturated heterocycles. The number of carboxylic acid groups (broad SMARTS) is 2. The molecule has 0 radical (unpaired) electrons. The zero-order chi connectivity index (χ0) is 21.7. The summed E-state index contributed by atoms with van der Waals surface area (Å²) in [6.45, 7) is 2.23. The summed E-state index contributed by atoms with van der Waals surface area (Å²) in [5, 5.41) is 21.2. The van der Waals surface area contributed by atoms with Gasteiger partial charge in [-0.15, -0.1) is 0 Å². The average molecular weight is 457 g/mol. The molecule has 0 aliphatic rings. The molecule has 1 atom stereocenters. The Morgan fingerprint density at radius 3 is 1.74 bits per heavy atom. The molecular weight excluding hydrogens is 418 g/mol. The number of unbranched alkanes of at least 4 members (excludes halogenated alkanes) is 11. The molecule has 9 heteroatoms. The summed E-state index contributed by atoms with van der Waals surface area (Å²) in [6, 6.07) is -1.50. The Morgan fingerprint density at radius 1 is 0.774 bits per heavy atom. The van der Waals surface area contributed by atoms with Gasteiger partial charge in [0, 0.05) is 18.8 Å². The molecule has 0 saturated carbocycles. The topological polar surface area (TPSA) is 121 Å². The molecule has 0 aliphatic heterocycles. The van der Waals surface area contributed by atoms with E-state index >= 15 is 0 Å². The number of hydrazine groups is 1. The van der Waals surface area contributed by atoms with Gasteiger partial charge < -0.3 is 19.8 Å². The predicted octanol–water partition coefficient (Wildman–Crippen LogP) is -4.09. The summed E-state index contributed by atoms with van der Waals surface area (Å²) in [5.74, 6) is -3.50. The van der Waals surface area contributed by atoms with E-state index in [1.54, 1.807) is 0 Å². The Hall–Kier alpha value is 0.110. The van der Waals surface area contributed by atoms with Crippen molar-refractivity contribution >= 4 is 17.8 Å². The monoisotopic (exact) mass is 456 g/mol. The second kappa shape index (κ2) is 26.4. The summed E-state index contributed by atoms with van der Waals surface area (Å²) in [5.41, 5.74) is 4.37. The second-order valence-electron chi connectivity index (χ2n) is 7.47. The van der Waals surface area contributed by atoms with Crippen LogP contribution in [0.25, 0.3) is 0 Å². The quantitative estimate of drug-likeness (QED) is 0.0832. The van der Waals surface area contributed by atoms with Gasteiger partial charge in [0.2, 0.25) is 5.91 Å². The zero-order valence-corrected chi connectivity index (χ0v) is 23.9. The molecule has 0 aromatic heterocycles. The van der Waals surface area contributed by atoms with E-state index in [2.05, 4.69) is 29.9 Å². The third kappa shape index (κ3) is 26.2. The predicted molar refractivity (Wildman–Crippen MR) is 109 cm³/mol. The summed E-state index contributed by atoms with van der Waals surface area (Å²) in [7, 11) is 0. The van der Waals surface area contributed by atoms with Gasteiger partial charge in [-0.2, -0.15) is 0 Å². The third-order valence-electron chi connectivity index (χ3n) is 4.71. The molecule has 2 N–H and O–H groups in total. The molecule has 1 amide bonds. The van der Waals surface area contributed by atoms with E-state index in [9.17, 15) is 24.6 Å². The molecule has 0 aliphatic carbocycles. The standard InChI is InChI=1S/C22H40N2O5.2Na/c1-2-3-4-5-6-7-8-9-10-11-12-13-14-15-16-17-20(25)24-23-19(22(28)29)18-21(26)27;;/h9-10,19,23H,2-8,11-18H2,1H3,(H,24,25)(H,26,27)(H,28,29);;/q;2*+1/p-2/b10-9-;;/t19-;;/m0../s1. The van der Waals surface area contributed by atoms with Gasteiger partial charge in [-0.3, -0.25) is 10.2 Å². The maximum atomic E-state index is 11.6.